The van der Waals surface area contributed by atoms with Crippen LogP contribution in [0.4, 0.5) is 5.69 Å². The highest BCUT2D eigenvalue weighted by Gasteiger charge is 2.27. The van der Waals surface area contributed by atoms with Crippen molar-refractivity contribution in [3.63, 3.8) is 0 Å². The van der Waals surface area contributed by atoms with Crippen LogP contribution in [0.5, 0.6) is 0 Å². The van der Waals surface area contributed by atoms with Gasteiger partial charge < -0.3 is 9.67 Å². The molecule has 1 aromatic carbocycles. The van der Waals surface area contributed by atoms with E-state index in [0.717, 1.165) is 58.9 Å². The fourth-order valence-electron chi connectivity index (χ4n) is 4.35. The second-order valence-electron chi connectivity index (χ2n) is 9.41. The average Bonchev–Trinajstić information content (AvgIpc) is 3.22. The number of carboxylic acids is 1. The van der Waals surface area contributed by atoms with Crippen molar-refractivity contribution in [3.8, 4) is 5.00 Å². The van der Waals surface area contributed by atoms with Crippen LogP contribution in [-0.4, -0.2) is 21.9 Å². The Morgan fingerprint density at radius 1 is 1.13 bits per heavy atom. The summed E-state index contributed by atoms with van der Waals surface area (Å²) in [6.07, 6.45) is 5.95. The fraction of sp³-hybridized carbons (Fsp3) is 0.385. The SMILES string of the molecule is Cc1cc(C=Nc2ccc(C(C)(C)C)cc2)c(C)n1-c1sc2c(c1C(=O)O)CCCC2. The van der Waals surface area contributed by atoms with Gasteiger partial charge in [0.05, 0.1) is 11.3 Å². The highest BCUT2D eigenvalue weighted by molar-refractivity contribution is 7.15. The molecule has 1 aliphatic carbocycles. The molecule has 0 bridgehead atoms. The van der Waals surface area contributed by atoms with E-state index in [0.29, 0.717) is 5.56 Å². The van der Waals surface area contributed by atoms with Gasteiger partial charge in [0, 0.05) is 28.0 Å². The lowest BCUT2D eigenvalue weighted by Crippen LogP contribution is -2.10. The quantitative estimate of drug-likeness (QED) is 0.460. The van der Waals surface area contributed by atoms with Crippen LogP contribution in [0.1, 0.15) is 76.9 Å². The van der Waals surface area contributed by atoms with Gasteiger partial charge in [-0.3, -0.25) is 4.99 Å². The Bertz CT molecular complexity index is 1160. The molecule has 1 aliphatic rings. The van der Waals surface area contributed by atoms with Crippen LogP contribution in [0.3, 0.4) is 0 Å². The van der Waals surface area contributed by atoms with Gasteiger partial charge in [0.15, 0.2) is 0 Å². The van der Waals surface area contributed by atoms with Gasteiger partial charge in [0.2, 0.25) is 0 Å². The Morgan fingerprint density at radius 2 is 1.81 bits per heavy atom. The molecule has 3 aromatic rings. The first-order valence-corrected chi connectivity index (χ1v) is 11.7. The van der Waals surface area contributed by atoms with Crippen molar-refractivity contribution in [2.45, 2.75) is 65.7 Å². The summed E-state index contributed by atoms with van der Waals surface area (Å²) in [6, 6.07) is 10.4. The summed E-state index contributed by atoms with van der Waals surface area (Å²) < 4.78 is 2.09. The number of rotatable bonds is 4. The van der Waals surface area contributed by atoms with Crippen molar-refractivity contribution in [1.29, 1.82) is 0 Å². The van der Waals surface area contributed by atoms with E-state index in [2.05, 4.69) is 48.5 Å². The molecule has 162 valence electrons. The second-order valence-corrected chi connectivity index (χ2v) is 10.5. The summed E-state index contributed by atoms with van der Waals surface area (Å²) in [5.41, 5.74) is 6.91. The van der Waals surface area contributed by atoms with Crippen molar-refractivity contribution >= 4 is 29.2 Å². The van der Waals surface area contributed by atoms with Gasteiger partial charge in [0.1, 0.15) is 5.00 Å². The lowest BCUT2D eigenvalue weighted by Gasteiger charge is -2.18. The molecule has 0 atom stereocenters. The maximum atomic E-state index is 12.1. The number of fused-ring (bicyclic) bond motifs is 1. The first-order chi connectivity index (χ1) is 14.7. The minimum Gasteiger partial charge on any atom is -0.478 e. The molecular weight excluding hydrogens is 404 g/mol. The van der Waals surface area contributed by atoms with Gasteiger partial charge in [-0.25, -0.2) is 4.79 Å². The third kappa shape index (κ3) is 4.11. The van der Waals surface area contributed by atoms with Crippen molar-refractivity contribution in [2.75, 3.05) is 0 Å². The molecule has 0 amide bonds. The van der Waals surface area contributed by atoms with Gasteiger partial charge in [0.25, 0.3) is 0 Å². The molecule has 0 spiro atoms. The van der Waals surface area contributed by atoms with Crippen LogP contribution in [0, 0.1) is 13.8 Å². The Kier molecular flexibility index (Phi) is 5.65. The first-order valence-electron chi connectivity index (χ1n) is 10.9. The van der Waals surface area contributed by atoms with Gasteiger partial charge in [-0.15, -0.1) is 11.3 Å². The van der Waals surface area contributed by atoms with E-state index in [9.17, 15) is 9.90 Å². The molecule has 0 unspecified atom stereocenters. The standard InChI is InChI=1S/C26H30N2O2S/c1-16-14-18(15-27-20-12-10-19(11-13-20)26(3,4)5)17(2)28(16)24-23(25(29)30)21-8-6-7-9-22(21)31-24/h10-15H,6-9H2,1-5H3,(H,29,30). The minimum absolute atomic E-state index is 0.120. The third-order valence-corrected chi connectivity index (χ3v) is 7.40. The zero-order valence-corrected chi connectivity index (χ0v) is 19.8. The molecule has 0 saturated carbocycles. The van der Waals surface area contributed by atoms with E-state index in [4.69, 9.17) is 0 Å². The molecule has 2 heterocycles. The molecule has 5 heteroatoms. The van der Waals surface area contributed by atoms with Crippen molar-refractivity contribution in [3.05, 3.63) is 68.9 Å². The fourth-order valence-corrected chi connectivity index (χ4v) is 5.84. The number of carbonyl (C=O) groups is 1. The van der Waals surface area contributed by atoms with E-state index >= 15 is 0 Å². The summed E-state index contributed by atoms with van der Waals surface area (Å²) in [4.78, 5) is 18.0. The van der Waals surface area contributed by atoms with Crippen molar-refractivity contribution in [1.82, 2.24) is 4.57 Å². The number of nitrogens with zero attached hydrogens (tertiary/aromatic N) is 2. The Labute approximate surface area is 188 Å². The van der Waals surface area contributed by atoms with E-state index in [-0.39, 0.29) is 5.41 Å². The minimum atomic E-state index is -0.823. The van der Waals surface area contributed by atoms with Crippen LogP contribution in [0.25, 0.3) is 5.00 Å². The van der Waals surface area contributed by atoms with Crippen molar-refractivity contribution in [2.24, 2.45) is 4.99 Å². The molecule has 0 fully saturated rings. The van der Waals surface area contributed by atoms with Gasteiger partial charge >= 0.3 is 5.97 Å². The summed E-state index contributed by atoms with van der Waals surface area (Å²) in [5.74, 6) is -0.823. The first kappa shape index (κ1) is 21.6. The zero-order chi connectivity index (χ0) is 22.3. The van der Waals surface area contributed by atoms with Gasteiger partial charge in [-0.2, -0.15) is 0 Å². The van der Waals surface area contributed by atoms with Gasteiger partial charge in [-0.1, -0.05) is 32.9 Å². The monoisotopic (exact) mass is 434 g/mol. The molecule has 31 heavy (non-hydrogen) atoms. The summed E-state index contributed by atoms with van der Waals surface area (Å²) in [7, 11) is 0. The normalized spacial score (nSPS) is 14.2. The van der Waals surface area contributed by atoms with Crippen LogP contribution in [-0.2, 0) is 18.3 Å². The lowest BCUT2D eigenvalue weighted by atomic mass is 9.87. The van der Waals surface area contributed by atoms with Crippen LogP contribution < -0.4 is 0 Å². The molecule has 0 radical (unpaired) electrons. The Balaban J connectivity index is 1.70. The molecular formula is C26H30N2O2S. The number of hydrogen-bond acceptors (Lipinski definition) is 3. The van der Waals surface area contributed by atoms with E-state index in [1.54, 1.807) is 11.3 Å². The van der Waals surface area contributed by atoms with Gasteiger partial charge in [-0.05, 0) is 74.3 Å². The Hall–Kier alpha value is -2.66. The number of aromatic carboxylic acids is 1. The zero-order valence-electron chi connectivity index (χ0n) is 19.0. The molecule has 4 nitrogen and oxygen atoms in total. The van der Waals surface area contributed by atoms with Crippen LogP contribution >= 0.6 is 11.3 Å². The smallest absolute Gasteiger partial charge is 0.339 e. The summed E-state index contributed by atoms with van der Waals surface area (Å²) in [5, 5.41) is 10.8. The predicted octanol–water partition coefficient (Wildman–Crippen LogP) is 6.78. The number of thiophene rings is 1. The highest BCUT2D eigenvalue weighted by atomic mass is 32.1. The maximum absolute atomic E-state index is 12.1. The molecule has 0 saturated heterocycles. The number of aliphatic imine (C=N–C) groups is 1. The number of hydrogen-bond donors (Lipinski definition) is 1. The van der Waals surface area contributed by atoms with E-state index in [1.807, 2.05) is 32.2 Å². The maximum Gasteiger partial charge on any atom is 0.339 e. The third-order valence-electron chi connectivity index (χ3n) is 6.13. The number of carboxylic acid groups (broad SMARTS) is 1. The molecule has 4 rings (SSSR count). The second kappa shape index (κ2) is 8.12. The topological polar surface area (TPSA) is 54.6 Å². The lowest BCUT2D eigenvalue weighted by molar-refractivity contribution is 0.0696. The summed E-state index contributed by atoms with van der Waals surface area (Å²) >= 11 is 1.64. The number of aryl methyl sites for hydroxylation is 2. The number of benzene rings is 1. The van der Waals surface area contributed by atoms with E-state index < -0.39 is 5.97 Å². The highest BCUT2D eigenvalue weighted by Crippen LogP contribution is 2.38. The molecule has 1 N–H and O–H groups in total. The van der Waals surface area contributed by atoms with Crippen LogP contribution in [0.15, 0.2) is 35.3 Å². The van der Waals surface area contributed by atoms with Crippen molar-refractivity contribution < 1.29 is 9.90 Å². The average molecular weight is 435 g/mol. The summed E-state index contributed by atoms with van der Waals surface area (Å²) in [6.45, 7) is 10.7. The number of aromatic nitrogens is 1. The van der Waals surface area contributed by atoms with Crippen LogP contribution in [0.2, 0.25) is 0 Å². The van der Waals surface area contributed by atoms with E-state index in [1.165, 1.54) is 10.4 Å². The largest absolute Gasteiger partial charge is 0.478 e. The Morgan fingerprint density at radius 3 is 2.45 bits per heavy atom. The molecule has 2 aromatic heterocycles. The predicted molar refractivity (Wildman–Crippen MR) is 129 cm³/mol. The molecule has 0 aliphatic heterocycles.